The summed E-state index contributed by atoms with van der Waals surface area (Å²) in [5.41, 5.74) is 1.13. The number of nitrogens with zero attached hydrogens (tertiary/aromatic N) is 1. The van der Waals surface area contributed by atoms with Gasteiger partial charge in [0.05, 0.1) is 24.7 Å². The van der Waals surface area contributed by atoms with Gasteiger partial charge in [-0.2, -0.15) is 0 Å². The molecule has 8 nitrogen and oxygen atoms in total. The summed E-state index contributed by atoms with van der Waals surface area (Å²) in [5.74, 6) is 0.275. The second-order valence-corrected chi connectivity index (χ2v) is 6.53. The first-order valence-corrected chi connectivity index (χ1v) is 9.42. The predicted octanol–water partition coefficient (Wildman–Crippen LogP) is 4.73. The van der Waals surface area contributed by atoms with E-state index in [9.17, 15) is 19.7 Å². The zero-order valence-corrected chi connectivity index (χ0v) is 17.3. The highest BCUT2D eigenvalue weighted by Crippen LogP contribution is 2.28. The molecule has 0 saturated heterocycles. The van der Waals surface area contributed by atoms with Crippen LogP contribution in [0, 0.1) is 10.1 Å². The average Bonchev–Trinajstić information content (AvgIpc) is 2.82. The van der Waals surface area contributed by atoms with Crippen molar-refractivity contribution in [2.45, 2.75) is 0 Å². The van der Waals surface area contributed by atoms with E-state index in [1.54, 1.807) is 24.3 Å². The van der Waals surface area contributed by atoms with Gasteiger partial charge in [0.1, 0.15) is 5.75 Å². The Kier molecular flexibility index (Phi) is 6.97. The lowest BCUT2D eigenvalue weighted by Gasteiger charge is -2.09. The summed E-state index contributed by atoms with van der Waals surface area (Å²) in [4.78, 5) is 35.1. The number of nitro groups is 1. The van der Waals surface area contributed by atoms with Crippen molar-refractivity contribution in [3.8, 4) is 17.2 Å². The zero-order chi connectivity index (χ0) is 23.1. The highest BCUT2D eigenvalue weighted by atomic mass is 16.6. The SMILES string of the molecule is COc1ccc(C(=O)Oc2ccc(C(=O)C=Cc3cccc([N+](=O)[O-])c3)cc2)cc1OC. The second kappa shape index (κ2) is 10.0. The van der Waals surface area contributed by atoms with Crippen LogP contribution in [-0.2, 0) is 0 Å². The number of hydrogen-bond donors (Lipinski definition) is 0. The zero-order valence-electron chi connectivity index (χ0n) is 17.3. The molecular formula is C24H19NO7. The monoisotopic (exact) mass is 433 g/mol. The van der Waals surface area contributed by atoms with Crippen LogP contribution in [0.3, 0.4) is 0 Å². The first kappa shape index (κ1) is 22.2. The van der Waals surface area contributed by atoms with Crippen LogP contribution in [0.5, 0.6) is 17.2 Å². The largest absolute Gasteiger partial charge is 0.493 e. The van der Waals surface area contributed by atoms with E-state index >= 15 is 0 Å². The average molecular weight is 433 g/mol. The maximum Gasteiger partial charge on any atom is 0.343 e. The number of ether oxygens (including phenoxy) is 3. The van der Waals surface area contributed by atoms with E-state index in [1.807, 2.05) is 0 Å². The molecule has 0 amide bonds. The number of esters is 1. The van der Waals surface area contributed by atoms with Gasteiger partial charge in [-0.25, -0.2) is 4.79 Å². The number of carbonyl (C=O) groups is 2. The first-order valence-electron chi connectivity index (χ1n) is 9.42. The highest BCUT2D eigenvalue weighted by molar-refractivity contribution is 6.07. The maximum atomic E-state index is 12.4. The molecule has 0 unspecified atom stereocenters. The molecule has 0 saturated carbocycles. The number of nitro benzene ring substituents is 1. The fraction of sp³-hybridized carbons (Fsp3) is 0.0833. The number of carbonyl (C=O) groups excluding carboxylic acids is 2. The Bertz CT molecular complexity index is 1180. The van der Waals surface area contributed by atoms with Gasteiger partial charge >= 0.3 is 5.97 Å². The molecular weight excluding hydrogens is 414 g/mol. The van der Waals surface area contributed by atoms with Gasteiger partial charge in [-0.3, -0.25) is 14.9 Å². The molecule has 3 aromatic carbocycles. The van der Waals surface area contributed by atoms with Crippen LogP contribution >= 0.6 is 0 Å². The minimum atomic E-state index is -0.587. The lowest BCUT2D eigenvalue weighted by Crippen LogP contribution is -2.09. The highest BCUT2D eigenvalue weighted by Gasteiger charge is 2.13. The molecule has 162 valence electrons. The smallest absolute Gasteiger partial charge is 0.343 e. The first-order chi connectivity index (χ1) is 15.4. The van der Waals surface area contributed by atoms with E-state index < -0.39 is 10.9 Å². The molecule has 0 fully saturated rings. The summed E-state index contributed by atoms with van der Waals surface area (Å²) in [6.45, 7) is 0. The number of methoxy groups -OCH3 is 2. The minimum absolute atomic E-state index is 0.0553. The normalized spacial score (nSPS) is 10.6. The molecule has 3 aromatic rings. The molecule has 0 spiro atoms. The van der Waals surface area contributed by atoms with Crippen molar-refractivity contribution >= 4 is 23.5 Å². The Hall–Kier alpha value is -4.46. The lowest BCUT2D eigenvalue weighted by molar-refractivity contribution is -0.384. The Morgan fingerprint density at radius 1 is 0.875 bits per heavy atom. The van der Waals surface area contributed by atoms with Crippen LogP contribution in [0.15, 0.2) is 72.8 Å². The van der Waals surface area contributed by atoms with Crippen molar-refractivity contribution in [2.24, 2.45) is 0 Å². The molecule has 32 heavy (non-hydrogen) atoms. The third-order valence-electron chi connectivity index (χ3n) is 4.48. The third-order valence-corrected chi connectivity index (χ3v) is 4.48. The summed E-state index contributed by atoms with van der Waals surface area (Å²) in [7, 11) is 2.97. The quantitative estimate of drug-likeness (QED) is 0.126. The van der Waals surface area contributed by atoms with Crippen LogP contribution in [-0.4, -0.2) is 30.9 Å². The van der Waals surface area contributed by atoms with Gasteiger partial charge in [-0.1, -0.05) is 18.2 Å². The van der Waals surface area contributed by atoms with Crippen molar-refractivity contribution in [1.29, 1.82) is 0 Å². The van der Waals surface area contributed by atoms with Crippen LogP contribution in [0.2, 0.25) is 0 Å². The molecule has 0 heterocycles. The molecule has 3 rings (SSSR count). The topological polar surface area (TPSA) is 105 Å². The van der Waals surface area contributed by atoms with E-state index in [2.05, 4.69) is 0 Å². The molecule has 0 aliphatic rings. The maximum absolute atomic E-state index is 12.4. The number of rotatable bonds is 8. The molecule has 0 radical (unpaired) electrons. The molecule has 0 atom stereocenters. The van der Waals surface area contributed by atoms with E-state index in [1.165, 1.54) is 68.8 Å². The molecule has 0 aliphatic carbocycles. The fourth-order valence-electron chi connectivity index (χ4n) is 2.83. The van der Waals surface area contributed by atoms with Crippen molar-refractivity contribution in [2.75, 3.05) is 14.2 Å². The third kappa shape index (κ3) is 5.37. The van der Waals surface area contributed by atoms with Crippen LogP contribution < -0.4 is 14.2 Å². The molecule has 0 aromatic heterocycles. The van der Waals surface area contributed by atoms with Crippen molar-refractivity contribution in [3.63, 3.8) is 0 Å². The van der Waals surface area contributed by atoms with Crippen molar-refractivity contribution < 1.29 is 28.7 Å². The summed E-state index contributed by atoms with van der Waals surface area (Å²) in [6, 6.07) is 16.7. The summed E-state index contributed by atoms with van der Waals surface area (Å²) < 4.78 is 15.7. The lowest BCUT2D eigenvalue weighted by atomic mass is 10.1. The Morgan fingerprint density at radius 3 is 2.22 bits per heavy atom. The summed E-state index contributed by atoms with van der Waals surface area (Å²) >= 11 is 0. The number of allylic oxidation sites excluding steroid dienone is 1. The van der Waals surface area contributed by atoms with E-state index in [4.69, 9.17) is 14.2 Å². The van der Waals surface area contributed by atoms with Crippen LogP contribution in [0.25, 0.3) is 6.08 Å². The Labute approximate surface area is 183 Å². The van der Waals surface area contributed by atoms with Gasteiger partial charge in [-0.15, -0.1) is 0 Å². The molecule has 0 aliphatic heterocycles. The number of hydrogen-bond acceptors (Lipinski definition) is 7. The van der Waals surface area contributed by atoms with Crippen LogP contribution in [0.1, 0.15) is 26.3 Å². The van der Waals surface area contributed by atoms with Gasteiger partial charge in [0, 0.05) is 17.7 Å². The van der Waals surface area contributed by atoms with E-state index in [0.29, 0.717) is 22.6 Å². The molecule has 8 heteroatoms. The summed E-state index contributed by atoms with van der Waals surface area (Å²) in [6.07, 6.45) is 2.82. The van der Waals surface area contributed by atoms with Gasteiger partial charge in [0.2, 0.25) is 0 Å². The van der Waals surface area contributed by atoms with Crippen molar-refractivity contribution in [3.05, 3.63) is 99.6 Å². The van der Waals surface area contributed by atoms with Gasteiger partial charge < -0.3 is 14.2 Å². The Morgan fingerprint density at radius 2 is 1.56 bits per heavy atom. The summed E-state index contributed by atoms with van der Waals surface area (Å²) in [5, 5.41) is 10.8. The van der Waals surface area contributed by atoms with E-state index in [-0.39, 0.29) is 22.8 Å². The van der Waals surface area contributed by atoms with E-state index in [0.717, 1.165) is 0 Å². The number of ketones is 1. The van der Waals surface area contributed by atoms with Gasteiger partial charge in [0.25, 0.3) is 5.69 Å². The van der Waals surface area contributed by atoms with Gasteiger partial charge in [0.15, 0.2) is 17.3 Å². The standard InChI is InChI=1S/C24H19NO7/c1-30-22-13-9-18(15-23(22)31-2)24(27)32-20-10-7-17(8-11-20)21(26)12-6-16-4-3-5-19(14-16)25(28)29/h3-15H,1-2H3. The fourth-order valence-corrected chi connectivity index (χ4v) is 2.83. The predicted molar refractivity (Wildman–Crippen MR) is 117 cm³/mol. The Balaban J connectivity index is 1.67. The molecule has 0 bridgehead atoms. The number of benzene rings is 3. The molecule has 0 N–H and O–H groups in total. The second-order valence-electron chi connectivity index (χ2n) is 6.53. The minimum Gasteiger partial charge on any atom is -0.493 e. The van der Waals surface area contributed by atoms with Gasteiger partial charge in [-0.05, 0) is 54.1 Å². The van der Waals surface area contributed by atoms with Crippen molar-refractivity contribution in [1.82, 2.24) is 0 Å². The van der Waals surface area contributed by atoms with Crippen LogP contribution in [0.4, 0.5) is 5.69 Å². The number of non-ortho nitro benzene ring substituents is 1.